The maximum absolute atomic E-state index is 5.83. The van der Waals surface area contributed by atoms with E-state index in [1.807, 2.05) is 18.2 Å². The molecule has 2 aromatic rings. The first-order chi connectivity index (χ1) is 9.28. The Balaban J connectivity index is 1.55. The highest BCUT2D eigenvalue weighted by Crippen LogP contribution is 2.35. The van der Waals surface area contributed by atoms with Gasteiger partial charge >= 0.3 is 0 Å². The van der Waals surface area contributed by atoms with Gasteiger partial charge in [0, 0.05) is 18.3 Å². The molecule has 2 aliphatic rings. The average Bonchev–Trinajstić information content (AvgIpc) is 3.25. The van der Waals surface area contributed by atoms with Gasteiger partial charge in [-0.1, -0.05) is 0 Å². The molecule has 4 heteroatoms. The van der Waals surface area contributed by atoms with Crippen LogP contribution in [0.4, 0.5) is 5.69 Å². The molecule has 0 spiro atoms. The van der Waals surface area contributed by atoms with E-state index in [-0.39, 0.29) is 0 Å². The van der Waals surface area contributed by atoms with Gasteiger partial charge in [-0.15, -0.1) is 0 Å². The van der Waals surface area contributed by atoms with Gasteiger partial charge in [0.1, 0.15) is 5.52 Å². The summed E-state index contributed by atoms with van der Waals surface area (Å²) in [5.41, 5.74) is 8.23. The molecule has 4 rings (SSSR count). The van der Waals surface area contributed by atoms with E-state index in [2.05, 4.69) is 9.88 Å². The van der Waals surface area contributed by atoms with Crippen LogP contribution < -0.4 is 5.73 Å². The SMILES string of the molecule is Nc1ccc2oc(CN(CC3CC3)C3CC3)nc2c1. The summed E-state index contributed by atoms with van der Waals surface area (Å²) in [7, 11) is 0. The Bertz CT molecular complexity index is 598. The summed E-state index contributed by atoms with van der Waals surface area (Å²) < 4.78 is 5.83. The molecular weight excluding hydrogens is 238 g/mol. The van der Waals surface area contributed by atoms with Crippen LogP contribution in [-0.2, 0) is 6.54 Å². The third kappa shape index (κ3) is 2.45. The molecule has 0 saturated heterocycles. The zero-order valence-electron chi connectivity index (χ0n) is 11.0. The minimum Gasteiger partial charge on any atom is -0.439 e. The van der Waals surface area contributed by atoms with Crippen molar-refractivity contribution in [3.63, 3.8) is 0 Å². The second kappa shape index (κ2) is 4.23. The minimum absolute atomic E-state index is 0.740. The second-order valence-corrected chi connectivity index (χ2v) is 5.94. The van der Waals surface area contributed by atoms with E-state index in [1.165, 1.54) is 32.2 Å². The lowest BCUT2D eigenvalue weighted by Gasteiger charge is -2.19. The van der Waals surface area contributed by atoms with Crippen molar-refractivity contribution in [2.75, 3.05) is 12.3 Å². The summed E-state index contributed by atoms with van der Waals surface area (Å²) >= 11 is 0. The van der Waals surface area contributed by atoms with E-state index in [0.29, 0.717) is 0 Å². The van der Waals surface area contributed by atoms with Crippen molar-refractivity contribution in [2.45, 2.75) is 38.3 Å². The molecule has 0 aliphatic heterocycles. The molecule has 1 heterocycles. The van der Waals surface area contributed by atoms with Crippen molar-refractivity contribution >= 4 is 16.8 Å². The Morgan fingerprint density at radius 3 is 2.84 bits per heavy atom. The van der Waals surface area contributed by atoms with Crippen LogP contribution in [0.2, 0.25) is 0 Å². The molecular formula is C15H19N3O. The average molecular weight is 257 g/mol. The molecule has 0 radical (unpaired) electrons. The van der Waals surface area contributed by atoms with Crippen LogP contribution >= 0.6 is 0 Å². The number of fused-ring (bicyclic) bond motifs is 1. The predicted octanol–water partition coefficient (Wildman–Crippen LogP) is 2.78. The fourth-order valence-electron chi connectivity index (χ4n) is 2.65. The number of hydrogen-bond acceptors (Lipinski definition) is 4. The number of benzene rings is 1. The van der Waals surface area contributed by atoms with Gasteiger partial charge in [0.05, 0.1) is 6.54 Å². The summed E-state index contributed by atoms with van der Waals surface area (Å²) in [6, 6.07) is 6.41. The Morgan fingerprint density at radius 1 is 1.26 bits per heavy atom. The van der Waals surface area contributed by atoms with Crippen LogP contribution in [0.3, 0.4) is 0 Å². The smallest absolute Gasteiger partial charge is 0.209 e. The third-order valence-electron chi connectivity index (χ3n) is 4.05. The predicted molar refractivity (Wildman–Crippen MR) is 74.6 cm³/mol. The monoisotopic (exact) mass is 257 g/mol. The Labute approximate surface area is 112 Å². The first-order valence-corrected chi connectivity index (χ1v) is 7.17. The molecule has 0 atom stereocenters. The van der Waals surface area contributed by atoms with Gasteiger partial charge in [0.2, 0.25) is 5.89 Å². The zero-order chi connectivity index (χ0) is 12.8. The van der Waals surface area contributed by atoms with Crippen molar-refractivity contribution in [3.8, 4) is 0 Å². The fraction of sp³-hybridized carbons (Fsp3) is 0.533. The third-order valence-corrected chi connectivity index (χ3v) is 4.05. The van der Waals surface area contributed by atoms with Crippen LogP contribution in [0.25, 0.3) is 11.1 Å². The van der Waals surface area contributed by atoms with Crippen LogP contribution in [0.1, 0.15) is 31.6 Å². The molecule has 2 fully saturated rings. The lowest BCUT2D eigenvalue weighted by molar-refractivity contribution is 0.222. The quantitative estimate of drug-likeness (QED) is 0.837. The first-order valence-electron chi connectivity index (χ1n) is 7.17. The van der Waals surface area contributed by atoms with Gasteiger partial charge in [-0.25, -0.2) is 4.98 Å². The van der Waals surface area contributed by atoms with Crippen molar-refractivity contribution < 1.29 is 4.42 Å². The fourth-order valence-corrected chi connectivity index (χ4v) is 2.65. The van der Waals surface area contributed by atoms with Crippen molar-refractivity contribution in [3.05, 3.63) is 24.1 Å². The number of nitrogens with two attached hydrogens (primary N) is 1. The highest BCUT2D eigenvalue weighted by Gasteiger charge is 2.34. The summed E-state index contributed by atoms with van der Waals surface area (Å²) in [5.74, 6) is 1.74. The van der Waals surface area contributed by atoms with Gasteiger partial charge in [0.25, 0.3) is 0 Å². The molecule has 1 aromatic carbocycles. The van der Waals surface area contributed by atoms with Crippen molar-refractivity contribution in [1.29, 1.82) is 0 Å². The lowest BCUT2D eigenvalue weighted by Crippen LogP contribution is -2.27. The molecule has 19 heavy (non-hydrogen) atoms. The lowest BCUT2D eigenvalue weighted by atomic mass is 10.3. The summed E-state index contributed by atoms with van der Waals surface area (Å²) in [6.07, 6.45) is 5.46. The van der Waals surface area contributed by atoms with Gasteiger partial charge in [-0.3, -0.25) is 4.90 Å². The summed E-state index contributed by atoms with van der Waals surface area (Å²) in [6.45, 7) is 2.06. The molecule has 2 N–H and O–H groups in total. The number of oxazole rings is 1. The van der Waals surface area contributed by atoms with Gasteiger partial charge in [-0.05, 0) is 49.8 Å². The Morgan fingerprint density at radius 2 is 2.11 bits per heavy atom. The number of nitrogen functional groups attached to an aromatic ring is 1. The molecule has 0 amide bonds. The van der Waals surface area contributed by atoms with Gasteiger partial charge < -0.3 is 10.2 Å². The molecule has 4 nitrogen and oxygen atoms in total. The molecule has 1 aromatic heterocycles. The number of hydrogen-bond donors (Lipinski definition) is 1. The maximum Gasteiger partial charge on any atom is 0.209 e. The van der Waals surface area contributed by atoms with Crippen molar-refractivity contribution in [1.82, 2.24) is 9.88 Å². The normalized spacial score (nSPS) is 19.4. The molecule has 2 saturated carbocycles. The van der Waals surface area contributed by atoms with Gasteiger partial charge in [-0.2, -0.15) is 0 Å². The van der Waals surface area contributed by atoms with E-state index >= 15 is 0 Å². The molecule has 100 valence electrons. The number of anilines is 1. The van der Waals surface area contributed by atoms with E-state index in [4.69, 9.17) is 10.2 Å². The molecule has 0 unspecified atom stereocenters. The highest BCUT2D eigenvalue weighted by atomic mass is 16.3. The maximum atomic E-state index is 5.83. The minimum atomic E-state index is 0.740. The number of rotatable bonds is 5. The first kappa shape index (κ1) is 11.3. The zero-order valence-corrected chi connectivity index (χ0v) is 11.0. The topological polar surface area (TPSA) is 55.3 Å². The standard InChI is InChI=1S/C15H19N3O/c16-11-3-6-14-13(7-11)17-15(19-14)9-18(12-4-5-12)8-10-1-2-10/h3,6-7,10,12H,1-2,4-5,8-9,16H2. The Kier molecular flexibility index (Phi) is 2.52. The molecule has 0 bridgehead atoms. The number of nitrogens with zero attached hydrogens (tertiary/aromatic N) is 2. The van der Waals surface area contributed by atoms with Crippen LogP contribution in [-0.4, -0.2) is 22.5 Å². The summed E-state index contributed by atoms with van der Waals surface area (Å²) in [5, 5.41) is 0. The molecule has 2 aliphatic carbocycles. The largest absolute Gasteiger partial charge is 0.439 e. The number of aromatic nitrogens is 1. The summed E-state index contributed by atoms with van der Waals surface area (Å²) in [4.78, 5) is 7.11. The van der Waals surface area contributed by atoms with E-state index in [1.54, 1.807) is 0 Å². The second-order valence-electron chi connectivity index (χ2n) is 5.94. The van der Waals surface area contributed by atoms with E-state index < -0.39 is 0 Å². The van der Waals surface area contributed by atoms with Crippen LogP contribution in [0, 0.1) is 5.92 Å². The highest BCUT2D eigenvalue weighted by molar-refractivity contribution is 5.76. The van der Waals surface area contributed by atoms with Crippen LogP contribution in [0.5, 0.6) is 0 Å². The van der Waals surface area contributed by atoms with E-state index in [9.17, 15) is 0 Å². The van der Waals surface area contributed by atoms with E-state index in [0.717, 1.165) is 41.2 Å². The van der Waals surface area contributed by atoms with Crippen molar-refractivity contribution in [2.24, 2.45) is 5.92 Å². The van der Waals surface area contributed by atoms with Crippen LogP contribution in [0.15, 0.2) is 22.6 Å². The van der Waals surface area contributed by atoms with Gasteiger partial charge in [0.15, 0.2) is 5.58 Å². The Hall–Kier alpha value is -1.55.